The molecular weight excluding hydrogens is 304 g/mol. The predicted octanol–water partition coefficient (Wildman–Crippen LogP) is 2.33. The van der Waals surface area contributed by atoms with Gasteiger partial charge in [0, 0.05) is 19.6 Å². The smallest absolute Gasteiger partial charge is 0.330 e. The van der Waals surface area contributed by atoms with Crippen molar-refractivity contribution in [2.45, 2.75) is 51.7 Å². The number of halogens is 1. The van der Waals surface area contributed by atoms with E-state index in [0.29, 0.717) is 12.3 Å². The molecule has 0 spiro atoms. The Labute approximate surface area is 146 Å². The quantitative estimate of drug-likeness (QED) is 0.704. The Bertz CT molecular complexity index is 507. The van der Waals surface area contributed by atoms with Gasteiger partial charge < -0.3 is 14.7 Å². The van der Waals surface area contributed by atoms with E-state index in [4.69, 9.17) is 4.65 Å². The fourth-order valence-corrected chi connectivity index (χ4v) is 2.70. The van der Waals surface area contributed by atoms with E-state index in [0.717, 1.165) is 31.5 Å². The summed E-state index contributed by atoms with van der Waals surface area (Å²) in [5, 5.41) is 10.1. The third kappa shape index (κ3) is 5.30. The second-order valence-electron chi connectivity index (χ2n) is 7.92. The first-order chi connectivity index (χ1) is 11.2. The molecule has 0 aliphatic carbocycles. The summed E-state index contributed by atoms with van der Waals surface area (Å²) in [4.78, 5) is 2.32. The molecule has 0 atom stereocenters. The molecule has 2 rings (SSSR count). The maximum absolute atomic E-state index is 12.1. The SMILES string of the molecule is CC(C)(O)C(C)(C)O[B]c1ccc(CC2CN(CCCF)C2)cc1. The van der Waals surface area contributed by atoms with Crippen LogP contribution >= 0.6 is 0 Å². The van der Waals surface area contributed by atoms with Crippen molar-refractivity contribution in [1.82, 2.24) is 4.90 Å². The summed E-state index contributed by atoms with van der Waals surface area (Å²) < 4.78 is 17.9. The average Bonchev–Trinajstić information content (AvgIpc) is 2.47. The number of benzene rings is 1. The molecule has 1 heterocycles. The fraction of sp³-hybridized carbons (Fsp3) is 0.684. The molecule has 1 fully saturated rings. The summed E-state index contributed by atoms with van der Waals surface area (Å²) in [6.45, 7) is 10.1. The van der Waals surface area contributed by atoms with Gasteiger partial charge in [-0.25, -0.2) is 0 Å². The second kappa shape index (κ2) is 7.98. The van der Waals surface area contributed by atoms with E-state index >= 15 is 0 Å². The number of hydrogen-bond acceptors (Lipinski definition) is 3. The molecule has 133 valence electrons. The van der Waals surface area contributed by atoms with Crippen molar-refractivity contribution in [1.29, 1.82) is 0 Å². The van der Waals surface area contributed by atoms with Crippen LogP contribution in [0, 0.1) is 5.92 Å². The summed E-state index contributed by atoms with van der Waals surface area (Å²) >= 11 is 0. The minimum atomic E-state index is -0.915. The van der Waals surface area contributed by atoms with Gasteiger partial charge in [0.1, 0.15) is 0 Å². The third-order valence-corrected chi connectivity index (χ3v) is 5.11. The van der Waals surface area contributed by atoms with Crippen LogP contribution in [0.5, 0.6) is 0 Å². The fourth-order valence-electron chi connectivity index (χ4n) is 2.70. The van der Waals surface area contributed by atoms with Crippen LogP contribution in [0.4, 0.5) is 4.39 Å². The Balaban J connectivity index is 1.76. The molecule has 1 radical (unpaired) electrons. The lowest BCUT2D eigenvalue weighted by molar-refractivity contribution is -0.0893. The van der Waals surface area contributed by atoms with Crippen molar-refractivity contribution in [3.8, 4) is 0 Å². The summed E-state index contributed by atoms with van der Waals surface area (Å²) in [6, 6.07) is 8.37. The zero-order chi connectivity index (χ0) is 17.8. The molecule has 0 bridgehead atoms. The van der Waals surface area contributed by atoms with E-state index in [-0.39, 0.29) is 6.67 Å². The van der Waals surface area contributed by atoms with E-state index in [2.05, 4.69) is 29.2 Å². The predicted molar refractivity (Wildman–Crippen MR) is 97.5 cm³/mol. The summed E-state index contributed by atoms with van der Waals surface area (Å²) in [6.07, 6.45) is 1.72. The van der Waals surface area contributed by atoms with Gasteiger partial charge in [-0.2, -0.15) is 0 Å². The van der Waals surface area contributed by atoms with Crippen LogP contribution in [0.25, 0.3) is 0 Å². The van der Waals surface area contributed by atoms with E-state index in [1.807, 2.05) is 13.8 Å². The Morgan fingerprint density at radius 1 is 1.21 bits per heavy atom. The van der Waals surface area contributed by atoms with Crippen molar-refractivity contribution in [3.05, 3.63) is 29.8 Å². The highest BCUT2D eigenvalue weighted by Crippen LogP contribution is 2.24. The summed E-state index contributed by atoms with van der Waals surface area (Å²) in [7, 11) is 1.71. The van der Waals surface area contributed by atoms with Gasteiger partial charge in [0.2, 0.25) is 0 Å². The Morgan fingerprint density at radius 3 is 2.38 bits per heavy atom. The molecule has 24 heavy (non-hydrogen) atoms. The largest absolute Gasteiger partial charge is 0.427 e. The molecule has 1 saturated heterocycles. The molecular formula is C19H30BFNO2. The minimum Gasteiger partial charge on any atom is -0.427 e. The lowest BCUT2D eigenvalue weighted by Gasteiger charge is -2.39. The number of rotatable bonds is 9. The van der Waals surface area contributed by atoms with Gasteiger partial charge >= 0.3 is 7.48 Å². The van der Waals surface area contributed by atoms with E-state index in [1.54, 1.807) is 21.3 Å². The molecule has 1 aromatic carbocycles. The lowest BCUT2D eigenvalue weighted by atomic mass is 9.82. The Hall–Kier alpha value is -0.905. The first-order valence-corrected chi connectivity index (χ1v) is 8.82. The number of alkyl halides is 1. The van der Waals surface area contributed by atoms with E-state index in [1.165, 1.54) is 5.56 Å². The molecule has 0 aromatic heterocycles. The van der Waals surface area contributed by atoms with Gasteiger partial charge in [-0.05, 0) is 52.0 Å². The summed E-state index contributed by atoms with van der Waals surface area (Å²) in [5.74, 6) is 0.685. The zero-order valence-electron chi connectivity index (χ0n) is 15.4. The van der Waals surface area contributed by atoms with Crippen LogP contribution in [0.2, 0.25) is 0 Å². The maximum atomic E-state index is 12.1. The molecule has 1 N–H and O–H groups in total. The van der Waals surface area contributed by atoms with Crippen LogP contribution < -0.4 is 5.46 Å². The highest BCUT2D eigenvalue weighted by Gasteiger charge is 2.35. The Kier molecular flexibility index (Phi) is 6.46. The van der Waals surface area contributed by atoms with Crippen LogP contribution in [-0.4, -0.2) is 55.0 Å². The molecule has 5 heteroatoms. The van der Waals surface area contributed by atoms with Crippen molar-refractivity contribution in [2.75, 3.05) is 26.3 Å². The van der Waals surface area contributed by atoms with Gasteiger partial charge in [0.25, 0.3) is 0 Å². The van der Waals surface area contributed by atoms with Crippen LogP contribution in [-0.2, 0) is 11.1 Å². The Morgan fingerprint density at radius 2 is 1.83 bits per heavy atom. The maximum Gasteiger partial charge on any atom is 0.330 e. The van der Waals surface area contributed by atoms with Crippen molar-refractivity contribution < 1.29 is 14.2 Å². The first-order valence-electron chi connectivity index (χ1n) is 8.82. The monoisotopic (exact) mass is 334 g/mol. The normalized spacial score (nSPS) is 16.9. The molecule has 1 aromatic rings. The lowest BCUT2D eigenvalue weighted by Crippen LogP contribution is -2.49. The van der Waals surface area contributed by atoms with Crippen LogP contribution in [0.1, 0.15) is 39.7 Å². The third-order valence-electron chi connectivity index (χ3n) is 5.11. The molecule has 1 aliphatic heterocycles. The molecule has 1 aliphatic rings. The van der Waals surface area contributed by atoms with Crippen molar-refractivity contribution in [2.24, 2.45) is 5.92 Å². The van der Waals surface area contributed by atoms with Crippen molar-refractivity contribution >= 4 is 12.9 Å². The van der Waals surface area contributed by atoms with E-state index in [9.17, 15) is 9.50 Å². The molecule has 0 saturated carbocycles. The first kappa shape index (κ1) is 19.4. The van der Waals surface area contributed by atoms with Crippen LogP contribution in [0.15, 0.2) is 24.3 Å². The minimum absolute atomic E-state index is 0.217. The van der Waals surface area contributed by atoms with Crippen molar-refractivity contribution in [3.63, 3.8) is 0 Å². The van der Waals surface area contributed by atoms with Gasteiger partial charge in [0.05, 0.1) is 17.9 Å². The second-order valence-corrected chi connectivity index (χ2v) is 7.92. The number of likely N-dealkylation sites (tertiary alicyclic amines) is 1. The number of nitrogens with zero attached hydrogens (tertiary/aromatic N) is 1. The standard InChI is InChI=1S/C19H30BFNO2/c1-18(2,23)19(3,4)24-20-17-8-6-15(7-9-17)12-16-13-22(14-16)11-5-10-21/h6-9,16,23H,5,10-14H2,1-4H3. The highest BCUT2D eigenvalue weighted by atomic mass is 19.1. The summed E-state index contributed by atoms with van der Waals surface area (Å²) in [5.41, 5.74) is 0.751. The number of aliphatic hydroxyl groups is 1. The topological polar surface area (TPSA) is 32.7 Å². The van der Waals surface area contributed by atoms with E-state index < -0.39 is 11.2 Å². The molecule has 0 unspecified atom stereocenters. The number of hydrogen-bond donors (Lipinski definition) is 1. The molecule has 0 amide bonds. The van der Waals surface area contributed by atoms with Gasteiger partial charge in [-0.3, -0.25) is 4.39 Å². The van der Waals surface area contributed by atoms with Gasteiger partial charge in [0.15, 0.2) is 0 Å². The molecule has 3 nitrogen and oxygen atoms in total. The van der Waals surface area contributed by atoms with Gasteiger partial charge in [-0.15, -0.1) is 0 Å². The average molecular weight is 334 g/mol. The highest BCUT2D eigenvalue weighted by molar-refractivity contribution is 6.47. The van der Waals surface area contributed by atoms with Gasteiger partial charge in [-0.1, -0.05) is 29.7 Å². The van der Waals surface area contributed by atoms with Crippen LogP contribution in [0.3, 0.4) is 0 Å². The zero-order valence-corrected chi connectivity index (χ0v) is 15.4.